The first kappa shape index (κ1) is 21.4. The number of hydrogen-bond acceptors (Lipinski definition) is 3. The number of nitrogens with one attached hydrogen (secondary N) is 1. The third-order valence-electron chi connectivity index (χ3n) is 5.25. The van der Waals surface area contributed by atoms with Crippen LogP contribution in [-0.2, 0) is 4.79 Å². The van der Waals surface area contributed by atoms with Gasteiger partial charge in [-0.1, -0.05) is 47.0 Å². The zero-order valence-electron chi connectivity index (χ0n) is 16.3. The Morgan fingerprint density at radius 1 is 1.08 bits per heavy atom. The molecule has 0 bridgehead atoms. The van der Waals surface area contributed by atoms with Gasteiger partial charge < -0.3 is 16.2 Å². The van der Waals surface area contributed by atoms with Crippen LogP contribution in [0.3, 0.4) is 0 Å². The first-order valence-corrected chi connectivity index (χ1v) is 10.0. The molecule has 4 N–H and O–H groups in total. The molecule has 1 aliphatic rings. The van der Waals surface area contributed by atoms with Crippen LogP contribution in [0.4, 0.5) is 0 Å². The monoisotopic (exact) mass is 340 g/mol. The van der Waals surface area contributed by atoms with E-state index in [1.807, 2.05) is 0 Å². The minimum atomic E-state index is -0.537. The molecular formula is C20H40N2O2. The van der Waals surface area contributed by atoms with Gasteiger partial charge in [-0.15, -0.1) is 0 Å². The number of aliphatic hydroxyl groups excluding tert-OH is 1. The number of nitrogens with two attached hydrogens (primary N) is 1. The molecule has 0 aromatic heterocycles. The molecule has 1 aliphatic carbocycles. The number of carbonyl (C=O) groups excluding carboxylic acids is 1. The van der Waals surface area contributed by atoms with Crippen molar-refractivity contribution in [3.8, 4) is 0 Å². The lowest BCUT2D eigenvalue weighted by molar-refractivity contribution is -0.122. The lowest BCUT2D eigenvalue weighted by atomic mass is 9.80. The number of amides is 1. The number of rotatable bonds is 10. The molecule has 3 unspecified atom stereocenters. The lowest BCUT2D eigenvalue weighted by Gasteiger charge is -2.34. The van der Waals surface area contributed by atoms with Crippen LogP contribution in [0, 0.1) is 17.8 Å². The quantitative estimate of drug-likeness (QED) is 0.568. The Morgan fingerprint density at radius 3 is 2.25 bits per heavy atom. The topological polar surface area (TPSA) is 75.3 Å². The Hall–Kier alpha value is -0.610. The zero-order chi connectivity index (χ0) is 18.1. The van der Waals surface area contributed by atoms with Gasteiger partial charge in [0.05, 0.1) is 6.10 Å². The summed E-state index contributed by atoms with van der Waals surface area (Å²) in [6.07, 6.45) is 8.43. The molecule has 0 saturated heterocycles. The predicted octanol–water partition coefficient (Wildman–Crippen LogP) is 3.61. The van der Waals surface area contributed by atoms with Crippen molar-refractivity contribution in [1.82, 2.24) is 5.32 Å². The van der Waals surface area contributed by atoms with Crippen LogP contribution in [0.1, 0.15) is 85.5 Å². The van der Waals surface area contributed by atoms with E-state index in [9.17, 15) is 9.90 Å². The maximum absolute atomic E-state index is 12.3. The number of aliphatic hydroxyl groups is 1. The number of hydrogen-bond donors (Lipinski definition) is 3. The van der Waals surface area contributed by atoms with Gasteiger partial charge in [0.2, 0.25) is 5.91 Å². The van der Waals surface area contributed by atoms with E-state index < -0.39 is 6.10 Å². The van der Waals surface area contributed by atoms with E-state index in [2.05, 4.69) is 33.0 Å². The van der Waals surface area contributed by atoms with Crippen molar-refractivity contribution in [3.05, 3.63) is 0 Å². The van der Waals surface area contributed by atoms with E-state index in [1.54, 1.807) is 0 Å². The fraction of sp³-hybridized carbons (Fsp3) is 0.950. The first-order valence-electron chi connectivity index (χ1n) is 10.0. The summed E-state index contributed by atoms with van der Waals surface area (Å²) in [7, 11) is 0. The maximum Gasteiger partial charge on any atom is 0.220 e. The molecule has 1 fully saturated rings. The van der Waals surface area contributed by atoms with Gasteiger partial charge in [-0.3, -0.25) is 4.79 Å². The maximum atomic E-state index is 12.3. The van der Waals surface area contributed by atoms with Crippen molar-refractivity contribution < 1.29 is 9.90 Å². The second-order valence-electron chi connectivity index (χ2n) is 8.60. The molecule has 0 aromatic carbocycles. The highest BCUT2D eigenvalue weighted by molar-refractivity contribution is 5.76. The van der Waals surface area contributed by atoms with Crippen LogP contribution in [-0.4, -0.2) is 29.2 Å². The van der Waals surface area contributed by atoms with Crippen molar-refractivity contribution >= 4 is 5.91 Å². The van der Waals surface area contributed by atoms with Crippen molar-refractivity contribution in [2.45, 2.75) is 104 Å². The highest BCUT2D eigenvalue weighted by atomic mass is 16.3. The summed E-state index contributed by atoms with van der Waals surface area (Å²) < 4.78 is 0. The van der Waals surface area contributed by atoms with Crippen molar-refractivity contribution in [1.29, 1.82) is 0 Å². The van der Waals surface area contributed by atoms with E-state index in [4.69, 9.17) is 5.73 Å². The molecule has 4 nitrogen and oxygen atoms in total. The first-order chi connectivity index (χ1) is 11.3. The lowest BCUT2D eigenvalue weighted by Crippen LogP contribution is -2.47. The predicted molar refractivity (Wildman–Crippen MR) is 101 cm³/mol. The molecule has 142 valence electrons. The van der Waals surface area contributed by atoms with Crippen molar-refractivity contribution in [2.75, 3.05) is 0 Å². The Labute approximate surface area is 149 Å². The number of carbonyl (C=O) groups is 1. The molecule has 1 saturated carbocycles. The van der Waals surface area contributed by atoms with Gasteiger partial charge in [0.15, 0.2) is 0 Å². The highest BCUT2D eigenvalue weighted by Gasteiger charge is 2.29. The summed E-state index contributed by atoms with van der Waals surface area (Å²) in [4.78, 5) is 12.3. The molecule has 1 rings (SSSR count). The molecule has 0 radical (unpaired) electrons. The molecule has 0 spiro atoms. The summed E-state index contributed by atoms with van der Waals surface area (Å²) in [6, 6.07) is -0.137. The Morgan fingerprint density at radius 2 is 1.71 bits per heavy atom. The minimum Gasteiger partial charge on any atom is -0.391 e. The van der Waals surface area contributed by atoms with E-state index >= 15 is 0 Å². The van der Waals surface area contributed by atoms with Crippen molar-refractivity contribution in [3.63, 3.8) is 0 Å². The largest absolute Gasteiger partial charge is 0.391 e. The van der Waals surface area contributed by atoms with E-state index in [0.29, 0.717) is 30.6 Å². The van der Waals surface area contributed by atoms with E-state index in [1.165, 1.54) is 19.3 Å². The zero-order valence-corrected chi connectivity index (χ0v) is 16.3. The Kier molecular flexibility index (Phi) is 9.91. The van der Waals surface area contributed by atoms with Gasteiger partial charge in [-0.05, 0) is 49.9 Å². The highest BCUT2D eigenvalue weighted by Crippen LogP contribution is 2.29. The summed E-state index contributed by atoms with van der Waals surface area (Å²) in [6.45, 7) is 8.53. The van der Waals surface area contributed by atoms with Crippen LogP contribution >= 0.6 is 0 Å². The third-order valence-corrected chi connectivity index (χ3v) is 5.25. The summed E-state index contributed by atoms with van der Waals surface area (Å²) in [5.41, 5.74) is 6.16. The molecule has 3 atom stereocenters. The molecule has 0 heterocycles. The van der Waals surface area contributed by atoms with Gasteiger partial charge in [0.25, 0.3) is 0 Å². The molecule has 24 heavy (non-hydrogen) atoms. The SMILES string of the molecule is CC(C)CCC(=O)NC(CC(O)C(N)CC(C)C)C1CCCCC1. The smallest absolute Gasteiger partial charge is 0.220 e. The van der Waals surface area contributed by atoms with Gasteiger partial charge in [0.1, 0.15) is 0 Å². The molecular weight excluding hydrogens is 300 g/mol. The second-order valence-corrected chi connectivity index (χ2v) is 8.60. The molecule has 0 aromatic rings. The van der Waals surface area contributed by atoms with Crippen LogP contribution in [0.2, 0.25) is 0 Å². The summed E-state index contributed by atoms with van der Waals surface area (Å²) in [5, 5.41) is 13.7. The van der Waals surface area contributed by atoms with Crippen LogP contribution in [0.15, 0.2) is 0 Å². The Balaban J connectivity index is 2.61. The van der Waals surface area contributed by atoms with Crippen LogP contribution < -0.4 is 11.1 Å². The van der Waals surface area contributed by atoms with E-state index in [-0.39, 0.29) is 18.0 Å². The summed E-state index contributed by atoms with van der Waals surface area (Å²) in [5.74, 6) is 1.63. The minimum absolute atomic E-state index is 0.0678. The van der Waals surface area contributed by atoms with Gasteiger partial charge in [-0.2, -0.15) is 0 Å². The molecule has 4 heteroatoms. The normalized spacial score (nSPS) is 20.2. The fourth-order valence-electron chi connectivity index (χ4n) is 3.74. The fourth-order valence-corrected chi connectivity index (χ4v) is 3.74. The average Bonchev–Trinajstić information content (AvgIpc) is 2.52. The standard InChI is InChI=1S/C20H40N2O2/c1-14(2)10-11-20(24)22-18(16-8-6-5-7-9-16)13-19(23)17(21)12-15(3)4/h14-19,23H,5-13,21H2,1-4H3,(H,22,24). The van der Waals surface area contributed by atoms with Crippen LogP contribution in [0.5, 0.6) is 0 Å². The average molecular weight is 341 g/mol. The summed E-state index contributed by atoms with van der Waals surface area (Å²) >= 11 is 0. The van der Waals surface area contributed by atoms with Gasteiger partial charge >= 0.3 is 0 Å². The van der Waals surface area contributed by atoms with Gasteiger partial charge in [-0.25, -0.2) is 0 Å². The third kappa shape index (κ3) is 8.48. The Bertz CT molecular complexity index is 352. The molecule has 0 aliphatic heterocycles. The van der Waals surface area contributed by atoms with Gasteiger partial charge in [0, 0.05) is 18.5 Å². The molecule has 1 amide bonds. The van der Waals surface area contributed by atoms with Crippen molar-refractivity contribution in [2.24, 2.45) is 23.5 Å². The van der Waals surface area contributed by atoms with Crippen LogP contribution in [0.25, 0.3) is 0 Å². The van der Waals surface area contributed by atoms with E-state index in [0.717, 1.165) is 25.7 Å². The second kappa shape index (κ2) is 11.1.